The Morgan fingerprint density at radius 2 is 2.33 bits per heavy atom. The average Bonchev–Trinajstić information content (AvgIpc) is 2.90. The smallest absolute Gasteiger partial charge is 0.330 e. The van der Waals surface area contributed by atoms with Crippen LogP contribution in [0.4, 0.5) is 11.4 Å². The summed E-state index contributed by atoms with van der Waals surface area (Å²) in [6, 6.07) is 4.72. The number of carbonyl (C=O) groups excluding carboxylic acids is 1. The maximum absolute atomic E-state index is 11.2. The Bertz CT molecular complexity index is 585. The van der Waals surface area contributed by atoms with Crippen LogP contribution in [0.25, 0.3) is 6.08 Å². The van der Waals surface area contributed by atoms with Crippen LogP contribution in [0.1, 0.15) is 12.0 Å². The number of nitrogens with zero attached hydrogens (tertiary/aromatic N) is 2. The van der Waals surface area contributed by atoms with E-state index in [1.807, 2.05) is 0 Å². The molecular weight excluding hydrogens is 276 g/mol. The van der Waals surface area contributed by atoms with Gasteiger partial charge in [0.15, 0.2) is 0 Å². The molecule has 1 atom stereocenters. The van der Waals surface area contributed by atoms with Crippen molar-refractivity contribution in [3.8, 4) is 0 Å². The second-order valence-corrected chi connectivity index (χ2v) is 4.75. The number of hydrogen-bond donors (Lipinski definition) is 1. The molecule has 0 saturated carbocycles. The first kappa shape index (κ1) is 15.0. The van der Waals surface area contributed by atoms with Gasteiger partial charge in [0.25, 0.3) is 5.69 Å². The van der Waals surface area contributed by atoms with Gasteiger partial charge in [-0.15, -0.1) is 0 Å². The first-order valence-electron chi connectivity index (χ1n) is 6.48. The van der Waals surface area contributed by atoms with Gasteiger partial charge >= 0.3 is 5.97 Å². The lowest BCUT2D eigenvalue weighted by atomic mass is 10.1. The molecule has 0 spiro atoms. The summed E-state index contributed by atoms with van der Waals surface area (Å²) in [6.07, 6.45) is 2.81. The number of nitro groups is 1. The van der Waals surface area contributed by atoms with Gasteiger partial charge < -0.3 is 14.7 Å². The van der Waals surface area contributed by atoms with E-state index in [0.29, 0.717) is 30.8 Å². The van der Waals surface area contributed by atoms with Crippen LogP contribution in [0.15, 0.2) is 24.3 Å². The van der Waals surface area contributed by atoms with Crippen molar-refractivity contribution in [3.63, 3.8) is 0 Å². The van der Waals surface area contributed by atoms with Crippen LogP contribution < -0.4 is 4.90 Å². The lowest BCUT2D eigenvalue weighted by molar-refractivity contribution is -0.384. The Kier molecular flexibility index (Phi) is 4.54. The highest BCUT2D eigenvalue weighted by Crippen LogP contribution is 2.32. The number of rotatable bonds is 4. The summed E-state index contributed by atoms with van der Waals surface area (Å²) in [5, 5.41) is 20.8. The molecule has 7 heteroatoms. The zero-order valence-electron chi connectivity index (χ0n) is 11.6. The second kappa shape index (κ2) is 6.36. The van der Waals surface area contributed by atoms with E-state index in [-0.39, 0.29) is 5.69 Å². The number of carbonyl (C=O) groups is 1. The number of aliphatic hydroxyl groups excluding tert-OH is 1. The lowest BCUT2D eigenvalue weighted by Crippen LogP contribution is -2.22. The molecule has 0 unspecified atom stereocenters. The van der Waals surface area contributed by atoms with Gasteiger partial charge in [-0.25, -0.2) is 4.79 Å². The Hall–Kier alpha value is -2.41. The van der Waals surface area contributed by atoms with Crippen molar-refractivity contribution in [2.24, 2.45) is 0 Å². The monoisotopic (exact) mass is 292 g/mol. The molecule has 1 aromatic rings. The van der Waals surface area contributed by atoms with Crippen LogP contribution in [0.5, 0.6) is 0 Å². The number of benzene rings is 1. The van der Waals surface area contributed by atoms with Crippen LogP contribution in [0, 0.1) is 10.1 Å². The third kappa shape index (κ3) is 3.57. The summed E-state index contributed by atoms with van der Waals surface area (Å²) in [7, 11) is 1.26. The van der Waals surface area contributed by atoms with Gasteiger partial charge in [0, 0.05) is 25.2 Å². The van der Waals surface area contributed by atoms with Crippen LogP contribution in [0.2, 0.25) is 0 Å². The highest BCUT2D eigenvalue weighted by Gasteiger charge is 2.26. The average molecular weight is 292 g/mol. The molecule has 0 radical (unpaired) electrons. The molecule has 1 aliphatic heterocycles. The van der Waals surface area contributed by atoms with Crippen molar-refractivity contribution in [3.05, 3.63) is 40.0 Å². The normalized spacial score (nSPS) is 18.2. The van der Waals surface area contributed by atoms with Gasteiger partial charge in [0.05, 0.1) is 18.1 Å². The van der Waals surface area contributed by atoms with Crippen molar-refractivity contribution in [2.45, 2.75) is 12.5 Å². The summed E-state index contributed by atoms with van der Waals surface area (Å²) in [6.45, 7) is 0.970. The van der Waals surface area contributed by atoms with E-state index in [4.69, 9.17) is 0 Å². The van der Waals surface area contributed by atoms with Crippen molar-refractivity contribution >= 4 is 23.4 Å². The second-order valence-electron chi connectivity index (χ2n) is 4.75. The Morgan fingerprint density at radius 3 is 2.90 bits per heavy atom. The fraction of sp³-hybridized carbons (Fsp3) is 0.357. The largest absolute Gasteiger partial charge is 0.466 e. The third-order valence-electron chi connectivity index (χ3n) is 3.31. The SMILES string of the molecule is COC(=O)/C=C\c1ccc(N2CC[C@H](O)C2)c([N+](=O)[O-])c1. The molecule has 0 aliphatic carbocycles. The first-order chi connectivity index (χ1) is 10.0. The molecule has 0 bridgehead atoms. The zero-order chi connectivity index (χ0) is 15.4. The maximum atomic E-state index is 11.2. The van der Waals surface area contributed by atoms with Crippen LogP contribution in [-0.2, 0) is 9.53 Å². The van der Waals surface area contributed by atoms with Gasteiger partial charge in [-0.3, -0.25) is 10.1 Å². The number of methoxy groups -OCH3 is 1. The number of hydrogen-bond acceptors (Lipinski definition) is 6. The number of aliphatic hydroxyl groups is 1. The van der Waals surface area contributed by atoms with Crippen molar-refractivity contribution in [1.82, 2.24) is 0 Å². The van der Waals surface area contributed by atoms with Gasteiger partial charge in [-0.1, -0.05) is 6.07 Å². The van der Waals surface area contributed by atoms with Crippen LogP contribution >= 0.6 is 0 Å². The van der Waals surface area contributed by atoms with Crippen molar-refractivity contribution < 1.29 is 19.6 Å². The predicted octanol–water partition coefficient (Wildman–Crippen LogP) is 1.35. The quantitative estimate of drug-likeness (QED) is 0.390. The molecule has 2 rings (SSSR count). The molecule has 112 valence electrons. The van der Waals surface area contributed by atoms with Crippen molar-refractivity contribution in [2.75, 3.05) is 25.1 Å². The van der Waals surface area contributed by atoms with E-state index >= 15 is 0 Å². The molecule has 21 heavy (non-hydrogen) atoms. The maximum Gasteiger partial charge on any atom is 0.330 e. The molecule has 0 amide bonds. The van der Waals surface area contributed by atoms with Gasteiger partial charge in [0.2, 0.25) is 0 Å². The Morgan fingerprint density at radius 1 is 1.57 bits per heavy atom. The molecule has 1 aromatic carbocycles. The van der Waals surface area contributed by atoms with E-state index in [1.54, 1.807) is 17.0 Å². The van der Waals surface area contributed by atoms with Gasteiger partial charge in [0.1, 0.15) is 5.69 Å². The standard InChI is InChI=1S/C14H16N2O5/c1-21-14(18)5-3-10-2-4-12(13(8-10)16(19)20)15-7-6-11(17)9-15/h2-5,8,11,17H,6-7,9H2,1H3/b5-3-/t11-/m0/s1. The van der Waals surface area contributed by atoms with Crippen LogP contribution in [0.3, 0.4) is 0 Å². The zero-order valence-corrected chi connectivity index (χ0v) is 11.6. The molecule has 0 aromatic heterocycles. The molecule has 1 aliphatic rings. The highest BCUT2D eigenvalue weighted by atomic mass is 16.6. The number of nitro benzene ring substituents is 1. The van der Waals surface area contributed by atoms with Gasteiger partial charge in [-0.2, -0.15) is 0 Å². The molecule has 1 N–H and O–H groups in total. The molecule has 1 fully saturated rings. The summed E-state index contributed by atoms with van der Waals surface area (Å²) >= 11 is 0. The van der Waals surface area contributed by atoms with Gasteiger partial charge in [-0.05, 0) is 24.1 Å². The summed E-state index contributed by atoms with van der Waals surface area (Å²) in [5.41, 5.74) is 0.971. The molecular formula is C14H16N2O5. The predicted molar refractivity (Wildman–Crippen MR) is 77.0 cm³/mol. The summed E-state index contributed by atoms with van der Waals surface area (Å²) < 4.78 is 4.47. The topological polar surface area (TPSA) is 92.9 Å². The summed E-state index contributed by atoms with van der Waals surface area (Å²) in [5.74, 6) is -0.524. The molecule has 7 nitrogen and oxygen atoms in total. The molecule has 1 saturated heterocycles. The summed E-state index contributed by atoms with van der Waals surface area (Å²) in [4.78, 5) is 23.6. The Balaban J connectivity index is 2.29. The third-order valence-corrected chi connectivity index (χ3v) is 3.31. The van der Waals surface area contributed by atoms with E-state index in [1.165, 1.54) is 25.3 Å². The van der Waals surface area contributed by atoms with Crippen LogP contribution in [-0.4, -0.2) is 42.3 Å². The number of esters is 1. The van der Waals surface area contributed by atoms with E-state index < -0.39 is 17.0 Å². The molecule has 1 heterocycles. The number of ether oxygens (including phenoxy) is 1. The fourth-order valence-corrected chi connectivity index (χ4v) is 2.25. The van der Waals surface area contributed by atoms with E-state index in [2.05, 4.69) is 4.74 Å². The number of anilines is 1. The fourth-order valence-electron chi connectivity index (χ4n) is 2.25. The Labute approximate surface area is 121 Å². The minimum Gasteiger partial charge on any atom is -0.466 e. The van der Waals surface area contributed by atoms with E-state index in [0.717, 1.165) is 0 Å². The van der Waals surface area contributed by atoms with E-state index in [9.17, 15) is 20.0 Å². The number of β-amino-alcohol motifs (C(OH)–C–C–N with tert-alkyl or cyclic N) is 1. The minimum atomic E-state index is -0.524. The minimum absolute atomic E-state index is 0.0453. The van der Waals surface area contributed by atoms with Crippen molar-refractivity contribution in [1.29, 1.82) is 0 Å². The highest BCUT2D eigenvalue weighted by molar-refractivity contribution is 5.87. The lowest BCUT2D eigenvalue weighted by Gasteiger charge is -2.17. The first-order valence-corrected chi connectivity index (χ1v) is 6.48.